The molecule has 1 aliphatic carbocycles. The Bertz CT molecular complexity index is 1270. The lowest BCUT2D eigenvalue weighted by atomic mass is 9.85. The Labute approximate surface area is 230 Å². The molecule has 192 valence electrons. The van der Waals surface area contributed by atoms with E-state index in [0.717, 1.165) is 45.5 Å². The molecule has 3 atom stereocenters. The fourth-order valence-electron chi connectivity index (χ4n) is 4.98. The third-order valence-electron chi connectivity index (χ3n) is 6.99. The molecule has 2 fully saturated rings. The van der Waals surface area contributed by atoms with Crippen LogP contribution < -0.4 is 10.1 Å². The molecule has 1 saturated heterocycles. The first kappa shape index (κ1) is 25.9. The van der Waals surface area contributed by atoms with E-state index >= 15 is 0 Å². The number of thioether (sulfide) groups is 1. The molecule has 0 spiro atoms. The van der Waals surface area contributed by atoms with E-state index in [2.05, 4.69) is 33.1 Å². The van der Waals surface area contributed by atoms with Gasteiger partial charge in [0.05, 0.1) is 9.38 Å². The van der Waals surface area contributed by atoms with E-state index < -0.39 is 0 Å². The lowest BCUT2D eigenvalue weighted by Gasteiger charge is -2.39. The number of carbonyl (C=O) groups is 1. The molecule has 2 aliphatic rings. The number of rotatable bonds is 7. The maximum atomic E-state index is 13.7. The molecule has 37 heavy (non-hydrogen) atoms. The Morgan fingerprint density at radius 1 is 1.08 bits per heavy atom. The first-order valence-electron chi connectivity index (χ1n) is 12.7. The molecule has 3 aromatic carbocycles. The predicted octanol–water partition coefficient (Wildman–Crippen LogP) is 8.06. The van der Waals surface area contributed by atoms with Gasteiger partial charge in [-0.3, -0.25) is 4.79 Å². The van der Waals surface area contributed by atoms with Crippen molar-refractivity contribution in [3.63, 3.8) is 0 Å². The van der Waals surface area contributed by atoms with E-state index in [1.54, 1.807) is 23.9 Å². The first-order valence-corrected chi connectivity index (χ1v) is 14.3. The summed E-state index contributed by atoms with van der Waals surface area (Å²) in [6.07, 6.45) is 6.55. The summed E-state index contributed by atoms with van der Waals surface area (Å²) in [6.45, 7) is 2.61. The Balaban J connectivity index is 1.34. The van der Waals surface area contributed by atoms with Gasteiger partial charge in [0, 0.05) is 11.7 Å². The number of para-hydroxylation sites is 1. The molecule has 0 aromatic heterocycles. The topological polar surface area (TPSA) is 41.6 Å². The molecule has 5 rings (SSSR count). The molecule has 1 saturated carbocycles. The minimum atomic E-state index is -0.264. The van der Waals surface area contributed by atoms with E-state index in [1.807, 2.05) is 54.6 Å². The lowest BCUT2D eigenvalue weighted by molar-refractivity contribution is -0.129. The predicted molar refractivity (Wildman–Crippen MR) is 153 cm³/mol. The van der Waals surface area contributed by atoms with Crippen molar-refractivity contribution >= 4 is 45.4 Å². The molecule has 1 amide bonds. The van der Waals surface area contributed by atoms with Crippen LogP contribution in [0.4, 0.5) is 10.1 Å². The molecule has 0 radical (unpaired) electrons. The summed E-state index contributed by atoms with van der Waals surface area (Å²) in [7, 11) is 0. The highest BCUT2D eigenvalue weighted by atomic mass is 79.9. The third kappa shape index (κ3) is 6.21. The molecule has 1 heterocycles. The van der Waals surface area contributed by atoms with Crippen molar-refractivity contribution in [2.24, 2.45) is 5.92 Å². The smallest absolute Gasteiger partial charge is 0.262 e. The van der Waals surface area contributed by atoms with E-state index in [0.29, 0.717) is 18.3 Å². The van der Waals surface area contributed by atoms with Crippen LogP contribution in [0.15, 0.2) is 82.2 Å². The van der Waals surface area contributed by atoms with E-state index in [4.69, 9.17) is 4.74 Å². The summed E-state index contributed by atoms with van der Waals surface area (Å²) >= 11 is 5.19. The van der Waals surface area contributed by atoms with Gasteiger partial charge in [-0.2, -0.15) is 0 Å². The molecule has 7 heteroatoms. The van der Waals surface area contributed by atoms with Crippen LogP contribution in [0, 0.1) is 11.7 Å². The fraction of sp³-hybridized carbons (Fsp3) is 0.300. The van der Waals surface area contributed by atoms with Gasteiger partial charge < -0.3 is 15.0 Å². The number of amides is 1. The average molecular weight is 582 g/mol. The average Bonchev–Trinajstić information content (AvgIpc) is 3.19. The SMILES string of the molecule is C[C@H]1CCCC[C@H]1N1C(=O)/C(=C/c2ccc(OCc3ccc(F)cc3)c(Br)c2)SC1Nc1ccccc1. The van der Waals surface area contributed by atoms with Crippen LogP contribution in [0.25, 0.3) is 6.08 Å². The monoisotopic (exact) mass is 580 g/mol. The van der Waals surface area contributed by atoms with Crippen LogP contribution in [0.2, 0.25) is 0 Å². The van der Waals surface area contributed by atoms with E-state index in [1.165, 1.54) is 18.6 Å². The highest BCUT2D eigenvalue weighted by Gasteiger charge is 2.42. The number of hydrogen-bond acceptors (Lipinski definition) is 4. The second kappa shape index (κ2) is 11.7. The number of carbonyl (C=O) groups excluding carboxylic acids is 1. The molecule has 1 unspecified atom stereocenters. The second-order valence-corrected chi connectivity index (χ2v) is 11.6. The van der Waals surface area contributed by atoms with Crippen molar-refractivity contribution in [3.05, 3.63) is 99.1 Å². The number of benzene rings is 3. The van der Waals surface area contributed by atoms with Gasteiger partial charge in [-0.05, 0) is 88.3 Å². The molecule has 1 N–H and O–H groups in total. The second-order valence-electron chi connectivity index (χ2n) is 9.64. The van der Waals surface area contributed by atoms with Gasteiger partial charge in [0.15, 0.2) is 5.50 Å². The Kier molecular flexibility index (Phi) is 8.20. The first-order chi connectivity index (χ1) is 18.0. The van der Waals surface area contributed by atoms with E-state index in [-0.39, 0.29) is 23.3 Å². The lowest BCUT2D eigenvalue weighted by Crippen LogP contribution is -2.48. The zero-order valence-corrected chi connectivity index (χ0v) is 23.1. The molecular formula is C30H30BrFN2O2S. The van der Waals surface area contributed by atoms with Crippen LogP contribution in [-0.4, -0.2) is 22.3 Å². The zero-order chi connectivity index (χ0) is 25.8. The van der Waals surface area contributed by atoms with Gasteiger partial charge >= 0.3 is 0 Å². The number of nitrogens with one attached hydrogen (secondary N) is 1. The minimum Gasteiger partial charge on any atom is -0.488 e. The fourth-order valence-corrected chi connectivity index (χ4v) is 6.71. The summed E-state index contributed by atoms with van der Waals surface area (Å²) in [5.74, 6) is 0.992. The van der Waals surface area contributed by atoms with Crippen LogP contribution >= 0.6 is 27.7 Å². The number of nitrogens with zero attached hydrogens (tertiary/aromatic N) is 1. The summed E-state index contributed by atoms with van der Waals surface area (Å²) in [6, 6.07) is 22.4. The van der Waals surface area contributed by atoms with Crippen LogP contribution in [0.5, 0.6) is 5.75 Å². The molecule has 0 bridgehead atoms. The van der Waals surface area contributed by atoms with Gasteiger partial charge in [-0.1, -0.05) is 67.9 Å². The van der Waals surface area contributed by atoms with Crippen LogP contribution in [-0.2, 0) is 11.4 Å². The molecule has 1 aliphatic heterocycles. The van der Waals surface area contributed by atoms with Crippen molar-refractivity contribution in [2.75, 3.05) is 5.32 Å². The molecule has 4 nitrogen and oxygen atoms in total. The number of halogens is 2. The summed E-state index contributed by atoms with van der Waals surface area (Å²) in [5.41, 5.74) is 2.68. The van der Waals surface area contributed by atoms with Crippen molar-refractivity contribution in [1.29, 1.82) is 0 Å². The van der Waals surface area contributed by atoms with Crippen molar-refractivity contribution in [2.45, 2.75) is 50.8 Å². The number of anilines is 1. The highest BCUT2D eigenvalue weighted by molar-refractivity contribution is 9.10. The molecule has 3 aromatic rings. The number of hydrogen-bond donors (Lipinski definition) is 1. The quantitative estimate of drug-likeness (QED) is 0.287. The van der Waals surface area contributed by atoms with Gasteiger partial charge in [0.1, 0.15) is 18.2 Å². The summed E-state index contributed by atoms with van der Waals surface area (Å²) < 4.78 is 19.9. The van der Waals surface area contributed by atoms with Gasteiger partial charge in [-0.25, -0.2) is 4.39 Å². The van der Waals surface area contributed by atoms with Gasteiger partial charge in [-0.15, -0.1) is 0 Å². The van der Waals surface area contributed by atoms with Crippen LogP contribution in [0.1, 0.15) is 43.7 Å². The van der Waals surface area contributed by atoms with Crippen molar-refractivity contribution in [1.82, 2.24) is 4.90 Å². The maximum absolute atomic E-state index is 13.7. The third-order valence-corrected chi connectivity index (χ3v) is 8.72. The molecular weight excluding hydrogens is 551 g/mol. The number of ether oxygens (including phenoxy) is 1. The minimum absolute atomic E-state index is 0.0879. The maximum Gasteiger partial charge on any atom is 0.262 e. The largest absolute Gasteiger partial charge is 0.488 e. The standard InChI is InChI=1S/C30H30BrFN2O2S/c1-20-7-5-6-10-26(20)34-29(35)28(37-30(34)33-24-8-3-2-4-9-24)18-22-13-16-27(25(31)17-22)36-19-21-11-14-23(32)15-12-21/h2-4,8-9,11-18,20,26,30,33H,5-7,10,19H2,1H3/b28-18-/t20-,26+,30?/m0/s1. The zero-order valence-electron chi connectivity index (χ0n) is 20.7. The van der Waals surface area contributed by atoms with Crippen LogP contribution in [0.3, 0.4) is 0 Å². The highest BCUT2D eigenvalue weighted by Crippen LogP contribution is 2.42. The van der Waals surface area contributed by atoms with Gasteiger partial charge in [0.2, 0.25) is 0 Å². The van der Waals surface area contributed by atoms with Crippen molar-refractivity contribution in [3.8, 4) is 5.75 Å². The normalized spacial score (nSPS) is 22.9. The Morgan fingerprint density at radius 2 is 1.84 bits per heavy atom. The summed E-state index contributed by atoms with van der Waals surface area (Å²) in [4.78, 5) is 16.5. The Hall–Kier alpha value is -2.77. The summed E-state index contributed by atoms with van der Waals surface area (Å²) in [5, 5.41) is 3.59. The van der Waals surface area contributed by atoms with Gasteiger partial charge in [0.25, 0.3) is 5.91 Å². The Morgan fingerprint density at radius 3 is 2.57 bits per heavy atom. The van der Waals surface area contributed by atoms with Crippen molar-refractivity contribution < 1.29 is 13.9 Å². The van der Waals surface area contributed by atoms with E-state index in [9.17, 15) is 9.18 Å².